The van der Waals surface area contributed by atoms with Crippen LogP contribution in [0.25, 0.3) is 11.3 Å². The zero-order valence-electron chi connectivity index (χ0n) is 15.0. The molecule has 0 saturated heterocycles. The summed E-state index contributed by atoms with van der Waals surface area (Å²) >= 11 is 0. The highest BCUT2D eigenvalue weighted by atomic mass is 16.3. The Morgan fingerprint density at radius 3 is 2.09 bits per heavy atom. The molecule has 0 bridgehead atoms. The zero-order chi connectivity index (χ0) is 16.7. The second-order valence-electron chi connectivity index (χ2n) is 8.14. The van der Waals surface area contributed by atoms with Crippen molar-refractivity contribution < 1.29 is 5.11 Å². The molecule has 2 aromatic rings. The van der Waals surface area contributed by atoms with Crippen LogP contribution in [-0.2, 0) is 17.3 Å². The summed E-state index contributed by atoms with van der Waals surface area (Å²) in [4.78, 5) is 3.45. The second kappa shape index (κ2) is 5.49. The van der Waals surface area contributed by atoms with Gasteiger partial charge in [0.2, 0.25) is 0 Å². The lowest BCUT2D eigenvalue weighted by molar-refractivity contribution is 0.450. The van der Waals surface area contributed by atoms with E-state index < -0.39 is 0 Å². The third-order valence-corrected chi connectivity index (χ3v) is 4.17. The summed E-state index contributed by atoms with van der Waals surface area (Å²) in [5.74, 6) is 0.399. The van der Waals surface area contributed by atoms with E-state index in [1.165, 1.54) is 5.56 Å². The van der Waals surface area contributed by atoms with Gasteiger partial charge >= 0.3 is 0 Å². The summed E-state index contributed by atoms with van der Waals surface area (Å²) in [6, 6.07) is 8.46. The van der Waals surface area contributed by atoms with Crippen LogP contribution in [-0.4, -0.2) is 10.1 Å². The van der Waals surface area contributed by atoms with E-state index in [4.69, 9.17) is 0 Å². The second-order valence-corrected chi connectivity index (χ2v) is 8.14. The van der Waals surface area contributed by atoms with Crippen molar-refractivity contribution in [3.8, 4) is 17.0 Å². The van der Waals surface area contributed by atoms with Gasteiger partial charge in [-0.1, -0.05) is 66.7 Å². The van der Waals surface area contributed by atoms with Crippen LogP contribution in [0.1, 0.15) is 65.3 Å². The number of benzene rings is 1. The molecule has 2 nitrogen and oxygen atoms in total. The minimum atomic E-state index is -0.0776. The lowest BCUT2D eigenvalue weighted by atomic mass is 9.84. The molecule has 1 aromatic carbocycles. The van der Waals surface area contributed by atoms with Crippen molar-refractivity contribution in [3.05, 3.63) is 41.1 Å². The standard InChI is InChI=1S/C20H29NO/c1-8-15-16(20(5,6)7)18(22)17(21-15)13-10-9-11-14(12-13)19(2,3)4/h9-12,21-22H,8H2,1-7H3. The summed E-state index contributed by atoms with van der Waals surface area (Å²) in [6.07, 6.45) is 0.888. The molecule has 2 heteroatoms. The van der Waals surface area contributed by atoms with Crippen molar-refractivity contribution in [2.75, 3.05) is 0 Å². The Hall–Kier alpha value is -1.70. The highest BCUT2D eigenvalue weighted by molar-refractivity contribution is 5.71. The number of hydrogen-bond donors (Lipinski definition) is 2. The monoisotopic (exact) mass is 299 g/mol. The van der Waals surface area contributed by atoms with E-state index in [0.29, 0.717) is 5.75 Å². The van der Waals surface area contributed by atoms with E-state index in [9.17, 15) is 5.11 Å². The van der Waals surface area contributed by atoms with Gasteiger partial charge in [-0.3, -0.25) is 0 Å². The average Bonchev–Trinajstić information content (AvgIpc) is 2.74. The average molecular weight is 299 g/mol. The summed E-state index contributed by atoms with van der Waals surface area (Å²) in [5, 5.41) is 10.8. The number of nitrogens with one attached hydrogen (secondary N) is 1. The lowest BCUT2D eigenvalue weighted by Crippen LogP contribution is -2.12. The van der Waals surface area contributed by atoms with Crippen molar-refractivity contribution in [2.24, 2.45) is 0 Å². The topological polar surface area (TPSA) is 36.0 Å². The molecule has 0 amide bonds. The van der Waals surface area contributed by atoms with E-state index in [1.54, 1.807) is 0 Å². The maximum Gasteiger partial charge on any atom is 0.145 e. The van der Waals surface area contributed by atoms with Crippen LogP contribution >= 0.6 is 0 Å². The van der Waals surface area contributed by atoms with E-state index >= 15 is 0 Å². The van der Waals surface area contributed by atoms with Gasteiger partial charge in [0.05, 0.1) is 5.69 Å². The molecule has 120 valence electrons. The van der Waals surface area contributed by atoms with E-state index in [2.05, 4.69) is 77.7 Å². The number of aromatic hydroxyl groups is 1. The molecule has 0 fully saturated rings. The summed E-state index contributed by atoms with van der Waals surface area (Å²) in [6.45, 7) is 15.2. The van der Waals surface area contributed by atoms with Crippen LogP contribution in [0.3, 0.4) is 0 Å². The third-order valence-electron chi connectivity index (χ3n) is 4.17. The van der Waals surface area contributed by atoms with Crippen molar-refractivity contribution in [1.82, 2.24) is 4.98 Å². The van der Waals surface area contributed by atoms with Gasteiger partial charge in [0, 0.05) is 16.8 Å². The van der Waals surface area contributed by atoms with Gasteiger partial charge in [-0.15, -0.1) is 0 Å². The first-order chi connectivity index (χ1) is 10.1. The quantitative estimate of drug-likeness (QED) is 0.750. The van der Waals surface area contributed by atoms with Gasteiger partial charge in [0.15, 0.2) is 0 Å². The van der Waals surface area contributed by atoms with E-state index in [-0.39, 0.29) is 10.8 Å². The van der Waals surface area contributed by atoms with E-state index in [0.717, 1.165) is 28.9 Å². The Labute approximate surface area is 134 Å². The lowest BCUT2D eigenvalue weighted by Gasteiger charge is -2.20. The number of rotatable bonds is 2. The molecule has 0 aliphatic heterocycles. The largest absolute Gasteiger partial charge is 0.505 e. The van der Waals surface area contributed by atoms with Crippen LogP contribution in [0.4, 0.5) is 0 Å². The van der Waals surface area contributed by atoms with Crippen LogP contribution < -0.4 is 0 Å². The Morgan fingerprint density at radius 1 is 1.00 bits per heavy atom. The predicted molar refractivity (Wildman–Crippen MR) is 94.7 cm³/mol. The highest BCUT2D eigenvalue weighted by Crippen LogP contribution is 2.41. The summed E-state index contributed by atoms with van der Waals surface area (Å²) in [7, 11) is 0. The fourth-order valence-electron chi connectivity index (χ4n) is 2.96. The normalized spacial score (nSPS) is 12.7. The Bertz CT molecular complexity index is 666. The maximum absolute atomic E-state index is 10.8. The Balaban J connectivity index is 2.62. The zero-order valence-corrected chi connectivity index (χ0v) is 15.0. The smallest absolute Gasteiger partial charge is 0.145 e. The number of aryl methyl sites for hydroxylation is 1. The van der Waals surface area contributed by atoms with Crippen molar-refractivity contribution in [3.63, 3.8) is 0 Å². The fourth-order valence-corrected chi connectivity index (χ4v) is 2.96. The molecular formula is C20H29NO. The van der Waals surface area contributed by atoms with E-state index in [1.807, 2.05) is 0 Å². The van der Waals surface area contributed by atoms with Crippen LogP contribution in [0, 0.1) is 0 Å². The van der Waals surface area contributed by atoms with Gasteiger partial charge in [0.1, 0.15) is 5.75 Å². The van der Waals surface area contributed by atoms with Crippen molar-refractivity contribution >= 4 is 0 Å². The first-order valence-electron chi connectivity index (χ1n) is 8.11. The van der Waals surface area contributed by atoms with Gasteiger partial charge in [-0.25, -0.2) is 0 Å². The maximum atomic E-state index is 10.8. The molecule has 22 heavy (non-hydrogen) atoms. The number of H-pyrrole nitrogens is 1. The molecule has 0 unspecified atom stereocenters. The SMILES string of the molecule is CCc1[nH]c(-c2cccc(C(C)(C)C)c2)c(O)c1C(C)(C)C. The molecular weight excluding hydrogens is 270 g/mol. The molecule has 0 spiro atoms. The first-order valence-corrected chi connectivity index (χ1v) is 8.11. The van der Waals surface area contributed by atoms with Gasteiger partial charge < -0.3 is 10.1 Å². The van der Waals surface area contributed by atoms with Crippen LogP contribution in [0.2, 0.25) is 0 Å². The molecule has 0 aliphatic rings. The Kier molecular flexibility index (Phi) is 4.16. The number of aromatic amines is 1. The van der Waals surface area contributed by atoms with Gasteiger partial charge in [-0.05, 0) is 28.9 Å². The van der Waals surface area contributed by atoms with Crippen LogP contribution in [0.15, 0.2) is 24.3 Å². The van der Waals surface area contributed by atoms with Crippen molar-refractivity contribution in [1.29, 1.82) is 0 Å². The molecule has 0 atom stereocenters. The molecule has 0 saturated carbocycles. The minimum Gasteiger partial charge on any atom is -0.505 e. The van der Waals surface area contributed by atoms with Gasteiger partial charge in [-0.2, -0.15) is 0 Å². The molecule has 2 N–H and O–H groups in total. The predicted octanol–water partition coefficient (Wildman–Crippen LogP) is 5.54. The molecule has 1 aromatic heterocycles. The number of hydrogen-bond acceptors (Lipinski definition) is 1. The summed E-state index contributed by atoms with van der Waals surface area (Å²) in [5.41, 5.74) is 5.34. The molecule has 2 rings (SSSR count). The minimum absolute atomic E-state index is 0.0776. The van der Waals surface area contributed by atoms with Gasteiger partial charge in [0.25, 0.3) is 0 Å². The molecule has 0 aliphatic carbocycles. The highest BCUT2D eigenvalue weighted by Gasteiger charge is 2.27. The first kappa shape index (κ1) is 16.7. The number of aromatic nitrogens is 1. The molecule has 1 heterocycles. The summed E-state index contributed by atoms with van der Waals surface area (Å²) < 4.78 is 0. The van der Waals surface area contributed by atoms with Crippen LogP contribution in [0.5, 0.6) is 5.75 Å². The third kappa shape index (κ3) is 3.06. The Morgan fingerprint density at radius 2 is 1.64 bits per heavy atom. The fraction of sp³-hybridized carbons (Fsp3) is 0.500. The van der Waals surface area contributed by atoms with Crippen molar-refractivity contribution in [2.45, 2.75) is 65.7 Å². The molecule has 0 radical (unpaired) electrons.